The van der Waals surface area contributed by atoms with E-state index in [1.54, 1.807) is 32.2 Å². The number of nitrogens with zero attached hydrogens (tertiary/aromatic N) is 2. The Morgan fingerprint density at radius 1 is 1.29 bits per heavy atom. The molecule has 7 nitrogen and oxygen atoms in total. The first-order valence-electron chi connectivity index (χ1n) is 6.22. The van der Waals surface area contributed by atoms with Crippen molar-refractivity contribution in [3.8, 4) is 0 Å². The van der Waals surface area contributed by atoms with Crippen LogP contribution in [0.5, 0.6) is 0 Å². The number of carbonyl (C=O) groups is 1. The maximum absolute atomic E-state index is 12.1. The molecule has 2 rings (SSSR count). The van der Waals surface area contributed by atoms with Gasteiger partial charge in [0, 0.05) is 19.3 Å². The zero-order valence-electron chi connectivity index (χ0n) is 11.6. The topological polar surface area (TPSA) is 97.2 Å². The molecule has 1 aromatic carbocycles. The Morgan fingerprint density at radius 3 is 2.62 bits per heavy atom. The molecule has 0 aliphatic rings. The van der Waals surface area contributed by atoms with Gasteiger partial charge in [-0.05, 0) is 25.1 Å². The first kappa shape index (κ1) is 14.4. The summed E-state index contributed by atoms with van der Waals surface area (Å²) in [7, 11) is 1.73. The second-order valence-corrected chi connectivity index (χ2v) is 4.34. The van der Waals surface area contributed by atoms with Crippen molar-refractivity contribution >= 4 is 23.1 Å². The van der Waals surface area contributed by atoms with Gasteiger partial charge in [-0.15, -0.1) is 0 Å². The smallest absolute Gasteiger partial charge is 0.274 e. The molecule has 1 amide bonds. The Bertz CT molecular complexity index is 683. The zero-order valence-corrected chi connectivity index (χ0v) is 11.6. The number of nitrogens with one attached hydrogen (secondary N) is 2. The van der Waals surface area contributed by atoms with Crippen LogP contribution >= 0.6 is 0 Å². The summed E-state index contributed by atoms with van der Waals surface area (Å²) in [6, 6.07) is 7.85. The Kier molecular flexibility index (Phi) is 4.13. The van der Waals surface area contributed by atoms with Gasteiger partial charge >= 0.3 is 0 Å². The molecule has 0 saturated heterocycles. The van der Waals surface area contributed by atoms with E-state index in [4.69, 9.17) is 0 Å². The molecule has 1 aromatic heterocycles. The highest BCUT2D eigenvalue weighted by Gasteiger charge is 2.15. The van der Waals surface area contributed by atoms with Crippen LogP contribution in [0, 0.1) is 17.0 Å². The highest BCUT2D eigenvalue weighted by Crippen LogP contribution is 2.25. The fourth-order valence-corrected chi connectivity index (χ4v) is 1.83. The summed E-state index contributed by atoms with van der Waals surface area (Å²) < 4.78 is 0. The molecule has 0 spiro atoms. The SMILES string of the molecule is CNc1ccc(C(=O)Nc2cccc([N+](=O)[O-])c2C)cn1. The normalized spacial score (nSPS) is 10.0. The molecule has 0 fully saturated rings. The summed E-state index contributed by atoms with van der Waals surface area (Å²) in [4.78, 5) is 26.6. The van der Waals surface area contributed by atoms with Crippen molar-refractivity contribution < 1.29 is 9.72 Å². The largest absolute Gasteiger partial charge is 0.373 e. The van der Waals surface area contributed by atoms with Crippen LogP contribution < -0.4 is 10.6 Å². The van der Waals surface area contributed by atoms with Gasteiger partial charge < -0.3 is 10.6 Å². The van der Waals surface area contributed by atoms with E-state index >= 15 is 0 Å². The third-order valence-electron chi connectivity index (χ3n) is 3.03. The van der Waals surface area contributed by atoms with Gasteiger partial charge in [0.15, 0.2) is 0 Å². The van der Waals surface area contributed by atoms with Crippen LogP contribution in [0.2, 0.25) is 0 Å². The van der Waals surface area contributed by atoms with E-state index in [9.17, 15) is 14.9 Å². The number of carbonyl (C=O) groups excluding carboxylic acids is 1. The molecule has 0 unspecified atom stereocenters. The highest BCUT2D eigenvalue weighted by atomic mass is 16.6. The minimum absolute atomic E-state index is 0.0311. The fraction of sp³-hybridized carbons (Fsp3) is 0.143. The number of nitro benzene ring substituents is 1. The lowest BCUT2D eigenvalue weighted by Crippen LogP contribution is -2.13. The lowest BCUT2D eigenvalue weighted by atomic mass is 10.1. The van der Waals surface area contributed by atoms with E-state index in [1.807, 2.05) is 0 Å². The number of amides is 1. The number of pyridine rings is 1. The first-order chi connectivity index (χ1) is 10.0. The standard InChI is InChI=1S/C14H14N4O3/c1-9-11(4-3-5-12(9)18(20)21)17-14(19)10-6-7-13(15-2)16-8-10/h3-8H,1-2H3,(H,15,16)(H,17,19). The predicted octanol–water partition coefficient (Wildman–Crippen LogP) is 2.59. The van der Waals surface area contributed by atoms with E-state index in [0.717, 1.165) is 0 Å². The quantitative estimate of drug-likeness (QED) is 0.665. The summed E-state index contributed by atoms with van der Waals surface area (Å²) in [5.41, 5.74) is 1.17. The Hall–Kier alpha value is -2.96. The molecule has 0 bridgehead atoms. The van der Waals surface area contributed by atoms with Gasteiger partial charge in [0.05, 0.1) is 21.7 Å². The number of benzene rings is 1. The Morgan fingerprint density at radius 2 is 2.05 bits per heavy atom. The van der Waals surface area contributed by atoms with Crippen LogP contribution in [0.1, 0.15) is 15.9 Å². The molecule has 2 aromatic rings. The number of rotatable bonds is 4. The van der Waals surface area contributed by atoms with Gasteiger partial charge in [-0.25, -0.2) is 4.98 Å². The average molecular weight is 286 g/mol. The summed E-state index contributed by atoms with van der Waals surface area (Å²) in [5.74, 6) is 0.284. The van der Waals surface area contributed by atoms with Gasteiger partial charge in [0.1, 0.15) is 5.82 Å². The molecular weight excluding hydrogens is 272 g/mol. The average Bonchev–Trinajstić information content (AvgIpc) is 2.49. The second-order valence-electron chi connectivity index (χ2n) is 4.34. The lowest BCUT2D eigenvalue weighted by Gasteiger charge is -2.08. The summed E-state index contributed by atoms with van der Waals surface area (Å²) in [6.45, 7) is 1.59. The van der Waals surface area contributed by atoms with E-state index in [2.05, 4.69) is 15.6 Å². The van der Waals surface area contributed by atoms with Crippen molar-refractivity contribution in [1.82, 2.24) is 4.98 Å². The third-order valence-corrected chi connectivity index (χ3v) is 3.03. The van der Waals surface area contributed by atoms with E-state index in [-0.39, 0.29) is 11.6 Å². The number of nitro groups is 1. The number of aromatic nitrogens is 1. The monoisotopic (exact) mass is 286 g/mol. The fourth-order valence-electron chi connectivity index (χ4n) is 1.83. The molecule has 2 N–H and O–H groups in total. The molecule has 21 heavy (non-hydrogen) atoms. The van der Waals surface area contributed by atoms with Crippen molar-refractivity contribution in [3.63, 3.8) is 0 Å². The maximum atomic E-state index is 12.1. The van der Waals surface area contributed by atoms with Crippen molar-refractivity contribution in [2.45, 2.75) is 6.92 Å². The first-order valence-corrected chi connectivity index (χ1v) is 6.22. The lowest BCUT2D eigenvalue weighted by molar-refractivity contribution is -0.385. The molecule has 7 heteroatoms. The minimum atomic E-state index is -0.478. The van der Waals surface area contributed by atoms with Crippen molar-refractivity contribution in [1.29, 1.82) is 0 Å². The van der Waals surface area contributed by atoms with Crippen LogP contribution in [-0.4, -0.2) is 22.9 Å². The van der Waals surface area contributed by atoms with Crippen molar-refractivity contribution in [2.24, 2.45) is 0 Å². The predicted molar refractivity (Wildman–Crippen MR) is 79.6 cm³/mol. The van der Waals surface area contributed by atoms with Crippen LogP contribution in [0.15, 0.2) is 36.5 Å². The third kappa shape index (κ3) is 3.14. The molecule has 1 heterocycles. The minimum Gasteiger partial charge on any atom is -0.373 e. The summed E-state index contributed by atoms with van der Waals surface area (Å²) in [6.07, 6.45) is 1.44. The Balaban J connectivity index is 2.23. The summed E-state index contributed by atoms with van der Waals surface area (Å²) in [5, 5.41) is 16.4. The molecular formula is C14H14N4O3. The molecule has 108 valence electrons. The number of hydrogen-bond acceptors (Lipinski definition) is 5. The Labute approximate surface area is 121 Å². The van der Waals surface area contributed by atoms with Crippen LogP contribution in [0.4, 0.5) is 17.2 Å². The molecule has 0 atom stereocenters. The van der Waals surface area contributed by atoms with E-state index in [0.29, 0.717) is 22.6 Å². The van der Waals surface area contributed by atoms with E-state index < -0.39 is 4.92 Å². The molecule has 0 aliphatic carbocycles. The van der Waals surface area contributed by atoms with Crippen LogP contribution in [-0.2, 0) is 0 Å². The maximum Gasteiger partial charge on any atom is 0.274 e. The molecule has 0 radical (unpaired) electrons. The van der Waals surface area contributed by atoms with Gasteiger partial charge in [0.25, 0.3) is 11.6 Å². The zero-order chi connectivity index (χ0) is 15.4. The van der Waals surface area contributed by atoms with Gasteiger partial charge in [-0.3, -0.25) is 14.9 Å². The second kappa shape index (κ2) is 6.00. The van der Waals surface area contributed by atoms with Gasteiger partial charge in [0.2, 0.25) is 0 Å². The highest BCUT2D eigenvalue weighted by molar-refractivity contribution is 6.04. The van der Waals surface area contributed by atoms with Crippen LogP contribution in [0.3, 0.4) is 0 Å². The number of hydrogen-bond donors (Lipinski definition) is 2. The van der Waals surface area contributed by atoms with Crippen LogP contribution in [0.25, 0.3) is 0 Å². The summed E-state index contributed by atoms with van der Waals surface area (Å²) >= 11 is 0. The van der Waals surface area contributed by atoms with E-state index in [1.165, 1.54) is 18.3 Å². The van der Waals surface area contributed by atoms with Crippen molar-refractivity contribution in [2.75, 3.05) is 17.7 Å². The number of anilines is 2. The molecule has 0 saturated carbocycles. The van der Waals surface area contributed by atoms with Crippen molar-refractivity contribution in [3.05, 3.63) is 57.8 Å². The van der Waals surface area contributed by atoms with Gasteiger partial charge in [-0.2, -0.15) is 0 Å². The van der Waals surface area contributed by atoms with Gasteiger partial charge in [-0.1, -0.05) is 6.07 Å². The molecule has 0 aliphatic heterocycles.